The molecule has 1 aromatic carbocycles. The van der Waals surface area contributed by atoms with Crippen molar-refractivity contribution >= 4 is 23.8 Å². The van der Waals surface area contributed by atoms with Crippen molar-refractivity contribution in [2.24, 2.45) is 11.8 Å². The van der Waals surface area contributed by atoms with Crippen LogP contribution in [0, 0.1) is 22.0 Å². The van der Waals surface area contributed by atoms with Gasteiger partial charge in [-0.15, -0.1) is 10.1 Å². The van der Waals surface area contributed by atoms with Crippen molar-refractivity contribution in [2.75, 3.05) is 20.3 Å². The molecule has 12 nitrogen and oxygen atoms in total. The van der Waals surface area contributed by atoms with Crippen molar-refractivity contribution in [1.29, 1.82) is 0 Å². The third-order valence-electron chi connectivity index (χ3n) is 8.47. The Kier molecular flexibility index (Phi) is 19.8. The fourth-order valence-electron chi connectivity index (χ4n) is 5.79. The summed E-state index contributed by atoms with van der Waals surface area (Å²) >= 11 is 0. The molecule has 0 radical (unpaired) electrons. The van der Waals surface area contributed by atoms with Gasteiger partial charge >= 0.3 is 11.9 Å². The SMILES string of the molecule is CCCCCCCC(=O)CC[C@@H]1[C@@H](C/C=C\CCCC(=O)Oc2ccc(/C=C/C(=O)OCCCCO[N+](=O)[O-])cc2OC)[C@@H](O)C[C@H]1O. The van der Waals surface area contributed by atoms with Crippen LogP contribution in [0.5, 0.6) is 11.5 Å². The van der Waals surface area contributed by atoms with Gasteiger partial charge in [-0.2, -0.15) is 0 Å². The number of Topliss-reactive ketones (excluding diaryl/α,β-unsaturated/α-hetero) is 1. The van der Waals surface area contributed by atoms with Crippen molar-refractivity contribution in [3.8, 4) is 11.5 Å². The van der Waals surface area contributed by atoms with Crippen molar-refractivity contribution in [1.82, 2.24) is 0 Å². The third kappa shape index (κ3) is 16.4. The van der Waals surface area contributed by atoms with Gasteiger partial charge in [0.2, 0.25) is 0 Å². The molecule has 0 amide bonds. The van der Waals surface area contributed by atoms with Crippen LogP contribution in [0.15, 0.2) is 36.4 Å². The highest BCUT2D eigenvalue weighted by molar-refractivity contribution is 5.87. The Morgan fingerprint density at radius 2 is 1.67 bits per heavy atom. The normalized spacial score (nSPS) is 19.1. The predicted octanol–water partition coefficient (Wildman–Crippen LogP) is 6.33. The summed E-state index contributed by atoms with van der Waals surface area (Å²) in [5.74, 6) is -0.364. The number of methoxy groups -OCH3 is 1. The van der Waals surface area contributed by atoms with Crippen molar-refractivity contribution in [3.05, 3.63) is 52.1 Å². The molecule has 0 unspecified atom stereocenters. The molecule has 1 aromatic rings. The minimum absolute atomic E-state index is 0.0574. The highest BCUT2D eigenvalue weighted by Gasteiger charge is 2.40. The first-order chi connectivity index (χ1) is 23.1. The number of hydrogen-bond donors (Lipinski definition) is 2. The zero-order chi connectivity index (χ0) is 35.1. The molecule has 1 aliphatic rings. The molecule has 0 bridgehead atoms. The summed E-state index contributed by atoms with van der Waals surface area (Å²) in [4.78, 5) is 51.0. The van der Waals surface area contributed by atoms with E-state index in [1.165, 1.54) is 32.1 Å². The van der Waals surface area contributed by atoms with E-state index in [0.717, 1.165) is 19.3 Å². The van der Waals surface area contributed by atoms with E-state index in [2.05, 4.69) is 11.8 Å². The first-order valence-corrected chi connectivity index (χ1v) is 17.2. The highest BCUT2D eigenvalue weighted by Crippen LogP contribution is 2.38. The van der Waals surface area contributed by atoms with E-state index in [-0.39, 0.29) is 43.0 Å². The average molecular weight is 676 g/mol. The lowest BCUT2D eigenvalue weighted by molar-refractivity contribution is -0.757. The monoisotopic (exact) mass is 675 g/mol. The topological polar surface area (TPSA) is 172 Å². The lowest BCUT2D eigenvalue weighted by Crippen LogP contribution is -2.22. The van der Waals surface area contributed by atoms with Crippen LogP contribution in [0.3, 0.4) is 0 Å². The number of nitrogens with zero attached hydrogens (tertiary/aromatic N) is 1. The third-order valence-corrected chi connectivity index (χ3v) is 8.47. The van der Waals surface area contributed by atoms with Crippen LogP contribution < -0.4 is 9.47 Å². The quantitative estimate of drug-likeness (QED) is 0.0226. The number of carbonyl (C=O) groups excluding carboxylic acids is 3. The minimum Gasteiger partial charge on any atom is -0.493 e. The Hall–Kier alpha value is -3.77. The van der Waals surface area contributed by atoms with E-state index in [9.17, 15) is 34.7 Å². The fourth-order valence-corrected chi connectivity index (χ4v) is 5.79. The van der Waals surface area contributed by atoms with E-state index in [1.807, 2.05) is 12.2 Å². The maximum Gasteiger partial charge on any atom is 0.330 e. The van der Waals surface area contributed by atoms with Crippen LogP contribution in [0.2, 0.25) is 0 Å². The lowest BCUT2D eigenvalue weighted by Gasteiger charge is -2.22. The number of aliphatic hydroxyl groups is 2. The van der Waals surface area contributed by atoms with Gasteiger partial charge in [-0.3, -0.25) is 9.59 Å². The molecule has 12 heteroatoms. The molecule has 2 N–H and O–H groups in total. The molecule has 1 aliphatic carbocycles. The van der Waals surface area contributed by atoms with Crippen LogP contribution in [-0.4, -0.2) is 65.6 Å². The highest BCUT2D eigenvalue weighted by atomic mass is 16.9. The summed E-state index contributed by atoms with van der Waals surface area (Å²) in [7, 11) is 1.44. The number of unbranched alkanes of at least 4 members (excludes halogenated alkanes) is 6. The van der Waals surface area contributed by atoms with Gasteiger partial charge in [0.05, 0.1) is 32.5 Å². The summed E-state index contributed by atoms with van der Waals surface area (Å²) in [6.45, 7) is 2.21. The molecule has 2 rings (SSSR count). The van der Waals surface area contributed by atoms with Crippen LogP contribution >= 0.6 is 0 Å². The van der Waals surface area contributed by atoms with E-state index in [4.69, 9.17) is 14.2 Å². The van der Waals surface area contributed by atoms with Gasteiger partial charge in [-0.1, -0.05) is 50.8 Å². The van der Waals surface area contributed by atoms with E-state index < -0.39 is 29.2 Å². The summed E-state index contributed by atoms with van der Waals surface area (Å²) in [6, 6.07) is 4.87. The maximum absolute atomic E-state index is 12.5. The van der Waals surface area contributed by atoms with Crippen LogP contribution in [0.1, 0.15) is 109 Å². The average Bonchev–Trinajstić information content (AvgIpc) is 3.33. The molecule has 0 aromatic heterocycles. The number of benzene rings is 1. The number of carbonyl (C=O) groups is 3. The first kappa shape index (κ1) is 40.4. The van der Waals surface area contributed by atoms with Crippen LogP contribution in [-0.2, 0) is 24.0 Å². The second-order valence-electron chi connectivity index (χ2n) is 12.2. The van der Waals surface area contributed by atoms with Crippen LogP contribution in [0.4, 0.5) is 0 Å². The van der Waals surface area contributed by atoms with Crippen molar-refractivity contribution < 1.29 is 48.7 Å². The minimum atomic E-state index is -0.868. The molecule has 268 valence electrons. The van der Waals surface area contributed by atoms with Gasteiger partial charge in [0.25, 0.3) is 5.09 Å². The fraction of sp³-hybridized carbons (Fsp3) is 0.639. The Balaban J connectivity index is 1.71. The number of allylic oxidation sites excluding steroid dienone is 2. The van der Waals surface area contributed by atoms with Gasteiger partial charge in [0, 0.05) is 25.3 Å². The Morgan fingerprint density at radius 3 is 2.42 bits per heavy atom. The summed E-state index contributed by atoms with van der Waals surface area (Å²) in [5.41, 5.74) is 0.625. The van der Waals surface area contributed by atoms with Crippen molar-refractivity contribution in [3.63, 3.8) is 0 Å². The first-order valence-electron chi connectivity index (χ1n) is 17.2. The largest absolute Gasteiger partial charge is 0.493 e. The molecular formula is C36H53NO11. The zero-order valence-corrected chi connectivity index (χ0v) is 28.4. The molecule has 1 saturated carbocycles. The van der Waals surface area contributed by atoms with Gasteiger partial charge in [-0.25, -0.2) is 4.79 Å². The van der Waals surface area contributed by atoms with Gasteiger partial charge in [0.15, 0.2) is 11.5 Å². The predicted molar refractivity (Wildman–Crippen MR) is 180 cm³/mol. The molecule has 0 saturated heterocycles. The van der Waals surface area contributed by atoms with Crippen molar-refractivity contribution in [2.45, 2.75) is 115 Å². The zero-order valence-electron chi connectivity index (χ0n) is 28.4. The number of aliphatic hydroxyl groups excluding tert-OH is 2. The number of hydrogen-bond acceptors (Lipinski definition) is 11. The second kappa shape index (κ2) is 23.5. The smallest absolute Gasteiger partial charge is 0.330 e. The Labute approximate surface area is 283 Å². The molecule has 1 fully saturated rings. The number of ketones is 1. The molecule has 0 aliphatic heterocycles. The lowest BCUT2D eigenvalue weighted by atomic mass is 9.86. The van der Waals surface area contributed by atoms with Gasteiger partial charge in [0.1, 0.15) is 5.78 Å². The molecule has 4 atom stereocenters. The summed E-state index contributed by atoms with van der Waals surface area (Å²) < 4.78 is 15.9. The molecule has 0 spiro atoms. The summed E-state index contributed by atoms with van der Waals surface area (Å²) in [6.07, 6.45) is 15.8. The number of ether oxygens (including phenoxy) is 3. The Bertz CT molecular complexity index is 1200. The molecule has 48 heavy (non-hydrogen) atoms. The number of rotatable bonds is 25. The van der Waals surface area contributed by atoms with Crippen LogP contribution in [0.25, 0.3) is 6.08 Å². The molecule has 0 heterocycles. The van der Waals surface area contributed by atoms with Gasteiger partial charge in [-0.05, 0) is 87.0 Å². The standard InChI is InChI=1S/C36H53NO11/c1-3-4-5-6-9-14-28(38)19-20-30-29(31(39)26-32(30)40)15-10-7-8-11-16-36(42)48-33-21-17-27(25-34(33)45-2)18-22-35(41)46-23-12-13-24-47-37(43)44/h7,10,17-18,21-22,25,29-32,39-40H,3-6,8-9,11-16,19-20,23-24,26H2,1-2H3/b10-7-,22-18+/t29-,30-,31+,32-/m1/s1. The number of esters is 2. The van der Waals surface area contributed by atoms with E-state index in [0.29, 0.717) is 69.1 Å². The summed E-state index contributed by atoms with van der Waals surface area (Å²) in [5, 5.41) is 30.3. The molecular weight excluding hydrogens is 622 g/mol. The Morgan fingerprint density at radius 1 is 0.917 bits per heavy atom. The van der Waals surface area contributed by atoms with E-state index >= 15 is 0 Å². The van der Waals surface area contributed by atoms with Gasteiger partial charge < -0.3 is 29.3 Å². The van der Waals surface area contributed by atoms with E-state index in [1.54, 1.807) is 18.2 Å². The second-order valence-corrected chi connectivity index (χ2v) is 12.2. The maximum atomic E-state index is 12.5.